The van der Waals surface area contributed by atoms with Crippen molar-refractivity contribution >= 4 is 22.4 Å². The normalized spacial score (nSPS) is 22.8. The number of aromatic amines is 1. The maximum atomic E-state index is 12.4. The van der Waals surface area contributed by atoms with Crippen molar-refractivity contribution in [3.8, 4) is 6.07 Å². The highest BCUT2D eigenvalue weighted by Gasteiger charge is 2.33. The minimum atomic E-state index is -0.456. The van der Waals surface area contributed by atoms with Crippen molar-refractivity contribution in [1.29, 1.82) is 5.26 Å². The molecule has 3 atom stereocenters. The largest absolute Gasteiger partial charge is 0.393 e. The number of nitrogens with zero attached hydrogens (tertiary/aromatic N) is 3. The fourth-order valence-corrected chi connectivity index (χ4v) is 3.66. The molecule has 0 radical (unpaired) electrons. The van der Waals surface area contributed by atoms with E-state index in [-0.39, 0.29) is 17.5 Å². The number of nitriles is 1. The van der Waals surface area contributed by atoms with E-state index in [1.54, 1.807) is 16.9 Å². The predicted molar refractivity (Wildman–Crippen MR) is 98.1 cm³/mol. The number of pyridine rings is 1. The lowest BCUT2D eigenvalue weighted by atomic mass is 9.84. The van der Waals surface area contributed by atoms with E-state index in [4.69, 9.17) is 0 Å². The first-order valence-corrected chi connectivity index (χ1v) is 8.67. The highest BCUT2D eigenvalue weighted by Crippen LogP contribution is 2.36. The van der Waals surface area contributed by atoms with Crippen LogP contribution in [-0.4, -0.2) is 26.0 Å². The van der Waals surface area contributed by atoms with Crippen LogP contribution in [0, 0.1) is 17.2 Å². The summed E-state index contributed by atoms with van der Waals surface area (Å²) in [6.45, 7) is 0. The lowest BCUT2D eigenvalue weighted by Crippen LogP contribution is -2.29. The molecule has 0 aliphatic heterocycles. The van der Waals surface area contributed by atoms with Crippen molar-refractivity contribution in [1.82, 2.24) is 14.8 Å². The van der Waals surface area contributed by atoms with Crippen LogP contribution in [0.3, 0.4) is 0 Å². The highest BCUT2D eigenvalue weighted by atomic mass is 16.3. The zero-order valence-corrected chi connectivity index (χ0v) is 14.1. The van der Waals surface area contributed by atoms with Crippen LogP contribution in [0.1, 0.15) is 25.3 Å². The molecule has 7 heteroatoms. The summed E-state index contributed by atoms with van der Waals surface area (Å²) in [5, 5.41) is 27.7. The summed E-state index contributed by atoms with van der Waals surface area (Å²) in [6, 6.07) is 13.5. The van der Waals surface area contributed by atoms with E-state index in [0.717, 1.165) is 5.69 Å². The molecule has 0 spiro atoms. The number of benzene rings is 1. The smallest absolute Gasteiger partial charge is 0.261 e. The summed E-state index contributed by atoms with van der Waals surface area (Å²) in [6.07, 6.45) is 2.83. The van der Waals surface area contributed by atoms with Crippen molar-refractivity contribution in [2.75, 3.05) is 5.32 Å². The van der Waals surface area contributed by atoms with Gasteiger partial charge in [0.1, 0.15) is 5.39 Å². The molecule has 7 nitrogen and oxygen atoms in total. The van der Waals surface area contributed by atoms with Gasteiger partial charge in [-0.1, -0.05) is 18.2 Å². The number of aliphatic hydroxyl groups is 1. The van der Waals surface area contributed by atoms with Crippen molar-refractivity contribution < 1.29 is 5.11 Å². The maximum absolute atomic E-state index is 12.4. The van der Waals surface area contributed by atoms with Crippen molar-refractivity contribution in [2.24, 2.45) is 5.92 Å². The van der Waals surface area contributed by atoms with Crippen LogP contribution in [0.25, 0.3) is 10.9 Å². The predicted octanol–water partition coefficient (Wildman–Crippen LogP) is 2.69. The van der Waals surface area contributed by atoms with Crippen LogP contribution in [0.5, 0.6) is 0 Å². The van der Waals surface area contributed by atoms with E-state index in [2.05, 4.69) is 21.5 Å². The Morgan fingerprint density at radius 1 is 1.27 bits per heavy atom. The van der Waals surface area contributed by atoms with E-state index < -0.39 is 6.10 Å². The van der Waals surface area contributed by atoms with Gasteiger partial charge in [-0.25, -0.2) is 0 Å². The molecule has 1 fully saturated rings. The van der Waals surface area contributed by atoms with Gasteiger partial charge in [-0.05, 0) is 37.5 Å². The lowest BCUT2D eigenvalue weighted by molar-refractivity contribution is 0.0876. The fourth-order valence-electron chi connectivity index (χ4n) is 3.66. The number of fused-ring (bicyclic) bond motifs is 1. The van der Waals surface area contributed by atoms with E-state index >= 15 is 0 Å². The third kappa shape index (κ3) is 2.85. The number of rotatable bonds is 3. The van der Waals surface area contributed by atoms with E-state index in [1.807, 2.05) is 30.3 Å². The monoisotopic (exact) mass is 349 g/mol. The minimum Gasteiger partial charge on any atom is -0.393 e. The van der Waals surface area contributed by atoms with E-state index in [0.29, 0.717) is 36.0 Å². The molecule has 0 amide bonds. The van der Waals surface area contributed by atoms with Gasteiger partial charge in [-0.3, -0.25) is 9.48 Å². The Kier molecular flexibility index (Phi) is 4.19. The number of hydrogen-bond donors (Lipinski definition) is 3. The molecule has 1 aliphatic rings. The van der Waals surface area contributed by atoms with Crippen molar-refractivity contribution in [2.45, 2.75) is 31.4 Å². The molecule has 0 bridgehead atoms. The van der Waals surface area contributed by atoms with E-state index in [1.165, 1.54) is 0 Å². The second kappa shape index (κ2) is 6.65. The molecule has 0 saturated heterocycles. The van der Waals surface area contributed by atoms with Gasteiger partial charge in [-0.2, -0.15) is 10.4 Å². The third-order valence-corrected chi connectivity index (χ3v) is 4.93. The Morgan fingerprint density at radius 3 is 2.85 bits per heavy atom. The Labute approximate surface area is 149 Å². The lowest BCUT2D eigenvalue weighted by Gasteiger charge is -2.30. The van der Waals surface area contributed by atoms with Crippen LogP contribution in [0.2, 0.25) is 0 Å². The van der Waals surface area contributed by atoms with Crippen LogP contribution in [0.15, 0.2) is 47.4 Å². The summed E-state index contributed by atoms with van der Waals surface area (Å²) in [5.41, 5.74) is 1.29. The second-order valence-electron chi connectivity index (χ2n) is 6.62. The first-order valence-electron chi connectivity index (χ1n) is 8.67. The average Bonchev–Trinajstić information content (AvgIpc) is 3.02. The SMILES string of the molecule is N#CC1CC(O)CCC1n1nc(Nc2ccccc2)c2c(=O)[nH]ccc21. The van der Waals surface area contributed by atoms with E-state index in [9.17, 15) is 15.2 Å². The van der Waals surface area contributed by atoms with Gasteiger partial charge in [0.2, 0.25) is 0 Å². The number of para-hydroxylation sites is 1. The molecule has 1 saturated carbocycles. The quantitative estimate of drug-likeness (QED) is 0.674. The highest BCUT2D eigenvalue weighted by molar-refractivity contribution is 5.91. The van der Waals surface area contributed by atoms with Crippen molar-refractivity contribution in [3.63, 3.8) is 0 Å². The molecule has 3 N–H and O–H groups in total. The number of anilines is 2. The summed E-state index contributed by atoms with van der Waals surface area (Å²) in [4.78, 5) is 15.1. The summed E-state index contributed by atoms with van der Waals surface area (Å²) in [5.74, 6) is 0.126. The van der Waals surface area contributed by atoms with Crippen LogP contribution >= 0.6 is 0 Å². The zero-order valence-electron chi connectivity index (χ0n) is 14.1. The first kappa shape index (κ1) is 16.4. The first-order chi connectivity index (χ1) is 12.7. The minimum absolute atomic E-state index is 0.168. The standard InChI is InChI=1S/C19H19N5O2/c20-11-12-10-14(25)6-7-15(12)24-16-8-9-21-19(26)17(16)18(23-24)22-13-4-2-1-3-5-13/h1-5,8-9,12,14-15,25H,6-7,10H2,(H,21,26)(H,22,23). The van der Waals surface area contributed by atoms with Gasteiger partial charge in [0.15, 0.2) is 5.82 Å². The van der Waals surface area contributed by atoms with Gasteiger partial charge < -0.3 is 15.4 Å². The molecular weight excluding hydrogens is 330 g/mol. The number of aromatic nitrogens is 3. The van der Waals surface area contributed by atoms with Gasteiger partial charge in [0.05, 0.1) is 29.6 Å². The molecule has 1 aromatic carbocycles. The molecule has 1 aliphatic carbocycles. The summed E-state index contributed by atoms with van der Waals surface area (Å²) < 4.78 is 1.77. The molecule has 4 rings (SSSR count). The van der Waals surface area contributed by atoms with Crippen LogP contribution < -0.4 is 10.9 Å². The number of hydrogen-bond acceptors (Lipinski definition) is 5. The number of nitrogens with one attached hydrogen (secondary N) is 2. The molecule has 2 aromatic heterocycles. The van der Waals surface area contributed by atoms with Crippen molar-refractivity contribution in [3.05, 3.63) is 52.9 Å². The topological polar surface area (TPSA) is 107 Å². The van der Waals surface area contributed by atoms with Gasteiger partial charge >= 0.3 is 0 Å². The second-order valence-corrected chi connectivity index (χ2v) is 6.62. The molecule has 3 aromatic rings. The molecular formula is C19H19N5O2. The Hall–Kier alpha value is -3.11. The third-order valence-electron chi connectivity index (χ3n) is 4.93. The molecule has 3 unspecified atom stereocenters. The van der Waals surface area contributed by atoms with Gasteiger partial charge in [-0.15, -0.1) is 0 Å². The summed E-state index contributed by atoms with van der Waals surface area (Å²) in [7, 11) is 0. The summed E-state index contributed by atoms with van der Waals surface area (Å²) >= 11 is 0. The van der Waals surface area contributed by atoms with Crippen LogP contribution in [-0.2, 0) is 0 Å². The Bertz CT molecular complexity index is 1020. The van der Waals surface area contributed by atoms with Gasteiger partial charge in [0.25, 0.3) is 5.56 Å². The molecule has 132 valence electrons. The number of H-pyrrole nitrogens is 1. The molecule has 26 heavy (non-hydrogen) atoms. The Morgan fingerprint density at radius 2 is 2.08 bits per heavy atom. The van der Waals surface area contributed by atoms with Crippen LogP contribution in [0.4, 0.5) is 11.5 Å². The number of aliphatic hydroxyl groups excluding tert-OH is 1. The zero-order chi connectivity index (χ0) is 18.1. The Balaban J connectivity index is 1.82. The fraction of sp³-hybridized carbons (Fsp3) is 0.316. The maximum Gasteiger partial charge on any atom is 0.261 e. The molecule has 2 heterocycles. The van der Waals surface area contributed by atoms with Gasteiger partial charge in [0, 0.05) is 11.9 Å². The average molecular weight is 349 g/mol.